The van der Waals surface area contributed by atoms with E-state index in [1.54, 1.807) is 39.6 Å². The first kappa shape index (κ1) is 15.0. The second-order valence-electron chi connectivity index (χ2n) is 5.70. The number of nitrogens with one attached hydrogen (secondary N) is 1. The van der Waals surface area contributed by atoms with Gasteiger partial charge in [-0.3, -0.25) is 9.59 Å². The van der Waals surface area contributed by atoms with Crippen molar-refractivity contribution < 1.29 is 14.4 Å². The zero-order valence-electron chi connectivity index (χ0n) is 13.5. The Hall–Kier alpha value is -3.54. The maximum absolute atomic E-state index is 12.9. The lowest BCUT2D eigenvalue weighted by atomic mass is 10.1. The van der Waals surface area contributed by atoms with Crippen LogP contribution in [0.15, 0.2) is 66.7 Å². The summed E-state index contributed by atoms with van der Waals surface area (Å²) in [6.07, 6.45) is 0. The first-order valence-corrected chi connectivity index (χ1v) is 7.85. The molecule has 0 unspecified atom stereocenters. The molecule has 6 nitrogen and oxygen atoms in total. The highest BCUT2D eigenvalue weighted by atomic mass is 16.1. The van der Waals surface area contributed by atoms with E-state index in [2.05, 4.69) is 10.3 Å². The highest BCUT2D eigenvalue weighted by molar-refractivity contribution is 6.11. The van der Waals surface area contributed by atoms with Crippen molar-refractivity contribution in [2.45, 2.75) is 6.92 Å². The summed E-state index contributed by atoms with van der Waals surface area (Å²) in [6.45, 7) is 1.47. The fraction of sp³-hybridized carbons (Fsp3) is 0.0526. The molecule has 0 aliphatic carbocycles. The van der Waals surface area contributed by atoms with Crippen LogP contribution in [0.3, 0.4) is 0 Å². The van der Waals surface area contributed by atoms with Gasteiger partial charge in [-0.05, 0) is 29.0 Å². The number of carbonyl (C=O) groups is 2. The summed E-state index contributed by atoms with van der Waals surface area (Å²) in [4.78, 5) is 26.4. The molecule has 0 amide bonds. The van der Waals surface area contributed by atoms with Crippen LogP contribution in [0.25, 0.3) is 11.3 Å². The molecule has 1 N–H and O–H groups in total. The second-order valence-corrected chi connectivity index (χ2v) is 5.70. The normalized spacial score (nSPS) is 10.9. The number of aromatic nitrogens is 4. The van der Waals surface area contributed by atoms with E-state index in [-0.39, 0.29) is 11.6 Å². The molecule has 0 saturated heterocycles. The number of hydrogen-bond acceptors (Lipinski definition) is 3. The van der Waals surface area contributed by atoms with Crippen LogP contribution in [-0.4, -0.2) is 26.4 Å². The van der Waals surface area contributed by atoms with Gasteiger partial charge in [-0.2, -0.15) is 0 Å². The van der Waals surface area contributed by atoms with Gasteiger partial charge in [0, 0.05) is 11.6 Å². The fourth-order valence-corrected chi connectivity index (χ4v) is 2.76. The summed E-state index contributed by atoms with van der Waals surface area (Å²) >= 11 is 0. The Morgan fingerprint density at radius 2 is 1.64 bits per heavy atom. The van der Waals surface area contributed by atoms with E-state index in [0.29, 0.717) is 22.5 Å². The third-order valence-electron chi connectivity index (χ3n) is 4.01. The van der Waals surface area contributed by atoms with Crippen molar-refractivity contribution in [2.75, 3.05) is 0 Å². The van der Waals surface area contributed by atoms with Gasteiger partial charge in [0.05, 0.1) is 5.56 Å². The zero-order chi connectivity index (χ0) is 17.4. The molecule has 2 aromatic carbocycles. The average molecular weight is 331 g/mol. The van der Waals surface area contributed by atoms with E-state index in [0.717, 1.165) is 5.69 Å². The number of benzene rings is 2. The number of nitrogens with zero attached hydrogens (tertiary/aromatic N) is 3. The molecule has 122 valence electrons. The van der Waals surface area contributed by atoms with E-state index < -0.39 is 0 Å². The van der Waals surface area contributed by atoms with Crippen molar-refractivity contribution in [3.05, 3.63) is 83.6 Å². The van der Waals surface area contributed by atoms with Crippen molar-refractivity contribution in [1.82, 2.24) is 14.8 Å². The number of aromatic amines is 1. The molecule has 0 aliphatic rings. The fourth-order valence-electron chi connectivity index (χ4n) is 2.76. The minimum Gasteiger partial charge on any atom is -0.294 e. The van der Waals surface area contributed by atoms with E-state index >= 15 is 0 Å². The minimum atomic E-state index is -0.174. The number of hydrogen-bond donors (Lipinski definition) is 1. The molecular formula is C19H15N4O2+. The Morgan fingerprint density at radius 3 is 2.28 bits per heavy atom. The SMILES string of the molecule is CC(=O)c1cc(C(=O)c2ccccc2)n2[nH][n+](-c3ccccc3)nc12. The molecule has 0 aliphatic heterocycles. The molecule has 0 bridgehead atoms. The molecule has 4 aromatic rings. The summed E-state index contributed by atoms with van der Waals surface area (Å²) in [7, 11) is 0. The number of fused-ring (bicyclic) bond motifs is 1. The van der Waals surface area contributed by atoms with Gasteiger partial charge in [-0.1, -0.05) is 58.3 Å². The van der Waals surface area contributed by atoms with Crippen LogP contribution in [0.5, 0.6) is 0 Å². The average Bonchev–Trinajstić information content (AvgIpc) is 3.22. The minimum absolute atomic E-state index is 0.142. The van der Waals surface area contributed by atoms with Crippen LogP contribution >= 0.6 is 0 Å². The van der Waals surface area contributed by atoms with Crippen LogP contribution in [0, 0.1) is 0 Å². The van der Waals surface area contributed by atoms with Crippen LogP contribution in [-0.2, 0) is 0 Å². The summed E-state index contributed by atoms with van der Waals surface area (Å²) in [6, 6.07) is 20.0. The molecule has 0 saturated carbocycles. The first-order valence-electron chi connectivity index (χ1n) is 7.85. The van der Waals surface area contributed by atoms with Crippen LogP contribution in [0.2, 0.25) is 0 Å². The van der Waals surface area contributed by atoms with E-state index in [9.17, 15) is 9.59 Å². The zero-order valence-corrected chi connectivity index (χ0v) is 13.5. The Kier molecular flexibility index (Phi) is 3.50. The van der Waals surface area contributed by atoms with Crippen molar-refractivity contribution >= 4 is 17.2 Å². The standard InChI is InChI=1S/C19H14N4O2/c1-13(24)16-12-17(18(25)14-8-4-2-5-9-14)22-19(16)20-23(21-22)15-10-6-3-7-11-15/h2-12H,1H3/p+1. The molecule has 25 heavy (non-hydrogen) atoms. The molecule has 4 rings (SSSR count). The monoisotopic (exact) mass is 331 g/mol. The Labute approximate surface area is 143 Å². The quantitative estimate of drug-likeness (QED) is 0.461. The highest BCUT2D eigenvalue weighted by Crippen LogP contribution is 2.17. The predicted molar refractivity (Wildman–Crippen MR) is 91.0 cm³/mol. The number of tetrazole rings is 1. The van der Waals surface area contributed by atoms with E-state index in [1.807, 2.05) is 36.4 Å². The van der Waals surface area contributed by atoms with E-state index in [4.69, 9.17) is 0 Å². The summed E-state index contributed by atoms with van der Waals surface area (Å²) < 4.78 is 1.55. The number of rotatable bonds is 4. The Bertz CT molecular complexity index is 1080. The largest absolute Gasteiger partial charge is 0.297 e. The first-order chi connectivity index (χ1) is 12.1. The lowest BCUT2D eigenvalue weighted by Gasteiger charge is -1.96. The molecule has 0 spiro atoms. The third-order valence-corrected chi connectivity index (χ3v) is 4.01. The van der Waals surface area contributed by atoms with Crippen molar-refractivity contribution in [1.29, 1.82) is 0 Å². The number of ketones is 2. The number of H-pyrrole nitrogens is 1. The molecule has 2 heterocycles. The van der Waals surface area contributed by atoms with Gasteiger partial charge in [0.25, 0.3) is 5.65 Å². The Balaban J connectivity index is 1.91. The predicted octanol–water partition coefficient (Wildman–Crippen LogP) is 2.37. The van der Waals surface area contributed by atoms with Crippen LogP contribution < -0.4 is 4.80 Å². The third kappa shape index (κ3) is 2.53. The number of Topliss-reactive ketones (excluding diaryl/α,β-unsaturated/α-hetero) is 1. The van der Waals surface area contributed by atoms with Gasteiger partial charge in [0.2, 0.25) is 11.5 Å². The molecule has 0 radical (unpaired) electrons. The molecule has 2 aromatic heterocycles. The van der Waals surface area contributed by atoms with E-state index in [1.165, 1.54) is 6.92 Å². The second kappa shape index (κ2) is 5.83. The maximum atomic E-state index is 12.9. The maximum Gasteiger partial charge on any atom is 0.297 e. The molecule has 0 atom stereocenters. The van der Waals surface area contributed by atoms with Crippen molar-refractivity contribution in [2.24, 2.45) is 0 Å². The van der Waals surface area contributed by atoms with Gasteiger partial charge < -0.3 is 0 Å². The van der Waals surface area contributed by atoms with Crippen molar-refractivity contribution in [3.63, 3.8) is 0 Å². The van der Waals surface area contributed by atoms with Crippen LogP contribution in [0.1, 0.15) is 33.3 Å². The lowest BCUT2D eigenvalue weighted by molar-refractivity contribution is -0.716. The van der Waals surface area contributed by atoms with Gasteiger partial charge in [0.1, 0.15) is 0 Å². The van der Waals surface area contributed by atoms with Gasteiger partial charge in [0.15, 0.2) is 11.5 Å². The summed E-state index contributed by atoms with van der Waals surface area (Å²) in [5.41, 5.74) is 2.56. The number of carbonyl (C=O) groups excluding carboxylic acids is 2. The number of para-hydroxylation sites is 1. The van der Waals surface area contributed by atoms with Crippen LogP contribution in [0.4, 0.5) is 0 Å². The van der Waals surface area contributed by atoms with Gasteiger partial charge >= 0.3 is 0 Å². The summed E-state index contributed by atoms with van der Waals surface area (Å²) in [5.74, 6) is -0.316. The van der Waals surface area contributed by atoms with Gasteiger partial charge in [-0.15, -0.1) is 0 Å². The van der Waals surface area contributed by atoms with Gasteiger partial charge in [-0.25, -0.2) is 0 Å². The summed E-state index contributed by atoms with van der Waals surface area (Å²) in [5, 5.41) is 7.51. The molecule has 6 heteroatoms. The highest BCUT2D eigenvalue weighted by Gasteiger charge is 2.28. The molecular weight excluding hydrogens is 316 g/mol. The topological polar surface area (TPSA) is 71.1 Å². The smallest absolute Gasteiger partial charge is 0.294 e. The lowest BCUT2D eigenvalue weighted by Crippen LogP contribution is -2.36. The Morgan fingerprint density at radius 1 is 1.00 bits per heavy atom. The molecule has 0 fully saturated rings. The van der Waals surface area contributed by atoms with Crippen molar-refractivity contribution in [3.8, 4) is 5.69 Å².